The van der Waals surface area contributed by atoms with Gasteiger partial charge >= 0.3 is 0 Å². The number of para-hydroxylation sites is 1. The minimum Gasteiger partial charge on any atom is -0.496 e. The van der Waals surface area contributed by atoms with Crippen LogP contribution in [0.25, 0.3) is 11.3 Å². The summed E-state index contributed by atoms with van der Waals surface area (Å²) in [5, 5.41) is 3.34. The van der Waals surface area contributed by atoms with Crippen LogP contribution in [0.2, 0.25) is 0 Å². The summed E-state index contributed by atoms with van der Waals surface area (Å²) in [6.07, 6.45) is 3.31. The van der Waals surface area contributed by atoms with E-state index >= 15 is 0 Å². The van der Waals surface area contributed by atoms with Crippen LogP contribution in [0.4, 0.5) is 5.82 Å². The van der Waals surface area contributed by atoms with Crippen LogP contribution in [0, 0.1) is 0 Å². The van der Waals surface area contributed by atoms with Crippen molar-refractivity contribution in [3.8, 4) is 34.3 Å². The van der Waals surface area contributed by atoms with Crippen molar-refractivity contribution in [3.63, 3.8) is 0 Å². The van der Waals surface area contributed by atoms with Crippen molar-refractivity contribution < 1.29 is 18.9 Å². The monoisotopic (exact) mass is 381 g/mol. The predicted octanol–water partition coefficient (Wildman–Crippen LogP) is 3.79. The predicted molar refractivity (Wildman–Crippen MR) is 107 cm³/mol. The number of nitrogens with one attached hydrogen (secondary N) is 1. The number of nitrogens with zero attached hydrogens (tertiary/aromatic N) is 2. The molecule has 0 saturated heterocycles. The van der Waals surface area contributed by atoms with Gasteiger partial charge in [0.25, 0.3) is 0 Å². The van der Waals surface area contributed by atoms with E-state index in [2.05, 4.69) is 15.3 Å². The summed E-state index contributed by atoms with van der Waals surface area (Å²) < 4.78 is 21.7. The molecule has 1 aromatic heterocycles. The van der Waals surface area contributed by atoms with Crippen LogP contribution in [-0.4, -0.2) is 38.4 Å². The Bertz CT molecular complexity index is 921. The highest BCUT2D eigenvalue weighted by molar-refractivity contribution is 5.76. The van der Waals surface area contributed by atoms with E-state index < -0.39 is 0 Å². The number of benzene rings is 2. The molecule has 0 radical (unpaired) electrons. The van der Waals surface area contributed by atoms with Gasteiger partial charge < -0.3 is 24.3 Å². The van der Waals surface area contributed by atoms with Crippen LogP contribution in [-0.2, 0) is 6.54 Å². The second kappa shape index (κ2) is 8.94. The van der Waals surface area contributed by atoms with Crippen molar-refractivity contribution in [1.82, 2.24) is 9.97 Å². The zero-order valence-corrected chi connectivity index (χ0v) is 16.4. The summed E-state index contributed by atoms with van der Waals surface area (Å²) >= 11 is 0. The molecule has 0 bridgehead atoms. The van der Waals surface area contributed by atoms with E-state index in [4.69, 9.17) is 18.9 Å². The van der Waals surface area contributed by atoms with Crippen molar-refractivity contribution in [2.75, 3.05) is 33.8 Å². The molecule has 146 valence electrons. The first kappa shape index (κ1) is 19.3. The molecule has 2 aromatic carbocycles. The molecule has 0 saturated carbocycles. The summed E-state index contributed by atoms with van der Waals surface area (Å²) in [4.78, 5) is 8.94. The van der Waals surface area contributed by atoms with Gasteiger partial charge in [-0.15, -0.1) is 0 Å². The third kappa shape index (κ3) is 3.93. The molecule has 0 aliphatic heterocycles. The molecule has 1 N–H and O–H groups in total. The lowest BCUT2D eigenvalue weighted by molar-refractivity contribution is 0.324. The largest absolute Gasteiger partial charge is 0.496 e. The van der Waals surface area contributed by atoms with Crippen molar-refractivity contribution in [1.29, 1.82) is 0 Å². The molecule has 1 heterocycles. The summed E-state index contributed by atoms with van der Waals surface area (Å²) in [5.41, 5.74) is 2.53. The van der Waals surface area contributed by atoms with Crippen LogP contribution in [0.3, 0.4) is 0 Å². The van der Waals surface area contributed by atoms with Gasteiger partial charge in [-0.2, -0.15) is 0 Å². The van der Waals surface area contributed by atoms with Crippen LogP contribution < -0.4 is 24.3 Å². The summed E-state index contributed by atoms with van der Waals surface area (Å²) in [7, 11) is 6.41. The maximum Gasteiger partial charge on any atom is 0.203 e. The molecular formula is C21H23N3O4. The number of rotatable bonds is 8. The maximum atomic E-state index is 5.46. The molecule has 7 nitrogen and oxygen atoms in total. The highest BCUT2D eigenvalue weighted by Crippen LogP contribution is 2.38. The first-order valence-corrected chi connectivity index (χ1v) is 8.69. The van der Waals surface area contributed by atoms with E-state index in [1.165, 1.54) is 0 Å². The summed E-state index contributed by atoms with van der Waals surface area (Å²) in [6.45, 7) is 0.498. The second-order valence-corrected chi connectivity index (χ2v) is 5.84. The standard InChI is InChI=1S/C21H23N3O4/c1-25-16-8-6-5-7-15(16)19-21(23-10-9-22-19)24-13-14-11-17(26-2)20(28-4)18(12-14)27-3/h5-12H,13H2,1-4H3,(H,23,24). The molecule has 0 atom stereocenters. The number of aromatic nitrogens is 2. The van der Waals surface area contributed by atoms with Gasteiger partial charge in [0.15, 0.2) is 17.3 Å². The van der Waals surface area contributed by atoms with Crippen molar-refractivity contribution in [3.05, 3.63) is 54.4 Å². The van der Waals surface area contributed by atoms with E-state index in [-0.39, 0.29) is 0 Å². The van der Waals surface area contributed by atoms with E-state index in [0.717, 1.165) is 16.9 Å². The second-order valence-electron chi connectivity index (χ2n) is 5.84. The molecule has 0 spiro atoms. The first-order chi connectivity index (χ1) is 13.7. The van der Waals surface area contributed by atoms with Crippen LogP contribution in [0.5, 0.6) is 23.0 Å². The Morgan fingerprint density at radius 1 is 0.786 bits per heavy atom. The number of hydrogen-bond donors (Lipinski definition) is 1. The Hall–Kier alpha value is -3.48. The highest BCUT2D eigenvalue weighted by atomic mass is 16.5. The normalized spacial score (nSPS) is 10.3. The van der Waals surface area contributed by atoms with Gasteiger partial charge in [-0.3, -0.25) is 4.98 Å². The van der Waals surface area contributed by atoms with Gasteiger partial charge in [-0.05, 0) is 29.8 Å². The molecule has 0 fully saturated rings. The molecule has 7 heteroatoms. The lowest BCUT2D eigenvalue weighted by atomic mass is 10.1. The average Bonchev–Trinajstić information content (AvgIpc) is 2.76. The van der Waals surface area contributed by atoms with Crippen LogP contribution in [0.15, 0.2) is 48.8 Å². The molecule has 0 aliphatic rings. The topological polar surface area (TPSA) is 74.7 Å². The number of hydrogen-bond acceptors (Lipinski definition) is 7. The molecule has 3 aromatic rings. The van der Waals surface area contributed by atoms with Crippen LogP contribution in [0.1, 0.15) is 5.56 Å². The van der Waals surface area contributed by atoms with Gasteiger partial charge in [0.1, 0.15) is 11.4 Å². The fourth-order valence-corrected chi connectivity index (χ4v) is 2.93. The number of anilines is 1. The lowest BCUT2D eigenvalue weighted by Crippen LogP contribution is -2.05. The Labute approximate surface area is 164 Å². The Morgan fingerprint density at radius 3 is 2.07 bits per heavy atom. The smallest absolute Gasteiger partial charge is 0.203 e. The highest BCUT2D eigenvalue weighted by Gasteiger charge is 2.15. The van der Waals surface area contributed by atoms with Gasteiger partial charge in [-0.1, -0.05) is 12.1 Å². The molecule has 0 unspecified atom stereocenters. The molecule has 3 rings (SSSR count). The van der Waals surface area contributed by atoms with E-state index in [0.29, 0.717) is 35.3 Å². The SMILES string of the molecule is COc1ccccc1-c1nccnc1NCc1cc(OC)c(OC)c(OC)c1. The van der Waals surface area contributed by atoms with E-state index in [9.17, 15) is 0 Å². The number of ether oxygens (including phenoxy) is 4. The van der Waals surface area contributed by atoms with E-state index in [1.54, 1.807) is 40.8 Å². The van der Waals surface area contributed by atoms with Crippen molar-refractivity contribution in [2.45, 2.75) is 6.54 Å². The summed E-state index contributed by atoms with van der Waals surface area (Å²) in [6, 6.07) is 11.5. The third-order valence-electron chi connectivity index (χ3n) is 4.24. The summed E-state index contributed by atoms with van der Waals surface area (Å²) in [5.74, 6) is 3.15. The minimum absolute atomic E-state index is 0.498. The van der Waals surface area contributed by atoms with Crippen LogP contribution >= 0.6 is 0 Å². The lowest BCUT2D eigenvalue weighted by Gasteiger charge is -2.15. The quantitative estimate of drug-likeness (QED) is 0.636. The van der Waals surface area contributed by atoms with Gasteiger partial charge in [0.2, 0.25) is 5.75 Å². The Kier molecular flexibility index (Phi) is 6.16. The zero-order valence-electron chi connectivity index (χ0n) is 16.4. The van der Waals surface area contributed by atoms with Gasteiger partial charge in [0, 0.05) is 24.5 Å². The fraction of sp³-hybridized carbons (Fsp3) is 0.238. The molecule has 28 heavy (non-hydrogen) atoms. The number of methoxy groups -OCH3 is 4. The molecular weight excluding hydrogens is 358 g/mol. The average molecular weight is 381 g/mol. The fourth-order valence-electron chi connectivity index (χ4n) is 2.93. The van der Waals surface area contributed by atoms with E-state index in [1.807, 2.05) is 36.4 Å². The van der Waals surface area contributed by atoms with Crippen molar-refractivity contribution >= 4 is 5.82 Å². The van der Waals surface area contributed by atoms with Gasteiger partial charge in [0.05, 0.1) is 28.4 Å². The molecule has 0 aliphatic carbocycles. The van der Waals surface area contributed by atoms with Crippen molar-refractivity contribution in [2.24, 2.45) is 0 Å². The van der Waals surface area contributed by atoms with Gasteiger partial charge in [-0.25, -0.2) is 4.98 Å². The Morgan fingerprint density at radius 2 is 1.43 bits per heavy atom. The Balaban J connectivity index is 1.90. The molecule has 0 amide bonds. The third-order valence-corrected chi connectivity index (χ3v) is 4.24. The first-order valence-electron chi connectivity index (χ1n) is 8.69. The zero-order chi connectivity index (χ0) is 19.9. The maximum absolute atomic E-state index is 5.46. The minimum atomic E-state index is 0.498.